The first-order valence-electron chi connectivity index (χ1n) is 6.91. The summed E-state index contributed by atoms with van der Waals surface area (Å²) in [5.74, 6) is 0.935. The minimum atomic E-state index is -0.296. The molecule has 2 N–H and O–H groups in total. The highest BCUT2D eigenvalue weighted by atomic mass is 16.5. The van der Waals surface area contributed by atoms with Crippen LogP contribution in [0.2, 0.25) is 0 Å². The molecule has 0 aromatic heterocycles. The van der Waals surface area contributed by atoms with Gasteiger partial charge in [0.25, 0.3) is 5.91 Å². The summed E-state index contributed by atoms with van der Waals surface area (Å²) >= 11 is 0. The number of nitrogens with zero attached hydrogens (tertiary/aromatic N) is 1. The third kappa shape index (κ3) is 3.36. The van der Waals surface area contributed by atoms with E-state index >= 15 is 0 Å². The summed E-state index contributed by atoms with van der Waals surface area (Å²) < 4.78 is 10.6. The number of carbonyl (C=O) groups excluding carboxylic acids is 2. The highest BCUT2D eigenvalue weighted by Crippen LogP contribution is 2.31. The number of benzene rings is 1. The maximum atomic E-state index is 12.0. The average molecular weight is 305 g/mol. The van der Waals surface area contributed by atoms with Crippen LogP contribution < -0.4 is 20.2 Å². The molecule has 0 saturated heterocycles. The molecule has 1 aliphatic rings. The standard InChI is InChI=1S/C15H19N3O4/c1-9-12(21-2)6-4-10(14(9)22-3)8-16-15(20)11-5-7-13(19)18-17-11/h4,6H,5,7-8H2,1-3H3,(H,16,20)(H,18,19). The van der Waals surface area contributed by atoms with Gasteiger partial charge in [0.15, 0.2) is 0 Å². The molecule has 1 aliphatic heterocycles. The summed E-state index contributed by atoms with van der Waals surface area (Å²) in [7, 11) is 3.17. The third-order valence-electron chi connectivity index (χ3n) is 3.47. The minimum Gasteiger partial charge on any atom is -0.496 e. The average Bonchev–Trinajstić information content (AvgIpc) is 2.53. The van der Waals surface area contributed by atoms with E-state index in [9.17, 15) is 9.59 Å². The molecule has 1 heterocycles. The van der Waals surface area contributed by atoms with Gasteiger partial charge in [0.05, 0.1) is 14.2 Å². The lowest BCUT2D eigenvalue weighted by molar-refractivity contribution is -0.121. The molecule has 0 fully saturated rings. The fourth-order valence-electron chi connectivity index (χ4n) is 2.29. The Bertz CT molecular complexity index is 625. The van der Waals surface area contributed by atoms with Crippen molar-refractivity contribution in [2.24, 2.45) is 5.10 Å². The van der Waals surface area contributed by atoms with E-state index in [1.807, 2.05) is 19.1 Å². The number of hydrazone groups is 1. The second-order valence-electron chi connectivity index (χ2n) is 4.86. The predicted octanol–water partition coefficient (Wildman–Crippen LogP) is 0.894. The number of methoxy groups -OCH3 is 2. The Kier molecular flexibility index (Phi) is 4.98. The summed E-state index contributed by atoms with van der Waals surface area (Å²) in [5, 5.41) is 6.55. The van der Waals surface area contributed by atoms with E-state index in [4.69, 9.17) is 9.47 Å². The van der Waals surface area contributed by atoms with Crippen molar-refractivity contribution in [2.45, 2.75) is 26.3 Å². The lowest BCUT2D eigenvalue weighted by atomic mass is 10.1. The summed E-state index contributed by atoms with van der Waals surface area (Å²) in [4.78, 5) is 23.0. The Hall–Kier alpha value is -2.57. The van der Waals surface area contributed by atoms with Crippen molar-refractivity contribution < 1.29 is 19.1 Å². The van der Waals surface area contributed by atoms with E-state index in [0.717, 1.165) is 16.9 Å². The molecule has 0 bridgehead atoms. The Morgan fingerprint density at radius 2 is 2.09 bits per heavy atom. The molecule has 0 aliphatic carbocycles. The van der Waals surface area contributed by atoms with Crippen molar-refractivity contribution in [3.8, 4) is 11.5 Å². The van der Waals surface area contributed by atoms with Gasteiger partial charge in [-0.2, -0.15) is 5.10 Å². The van der Waals surface area contributed by atoms with Gasteiger partial charge in [-0.25, -0.2) is 5.43 Å². The van der Waals surface area contributed by atoms with Gasteiger partial charge >= 0.3 is 0 Å². The molecule has 2 rings (SSSR count). The lowest BCUT2D eigenvalue weighted by Crippen LogP contribution is -2.36. The maximum Gasteiger partial charge on any atom is 0.267 e. The van der Waals surface area contributed by atoms with Gasteiger partial charge in [0, 0.05) is 30.5 Å². The zero-order chi connectivity index (χ0) is 16.1. The minimum absolute atomic E-state index is 0.177. The highest BCUT2D eigenvalue weighted by Gasteiger charge is 2.19. The number of ether oxygens (including phenoxy) is 2. The normalized spacial score (nSPS) is 14.0. The van der Waals surface area contributed by atoms with Crippen LogP contribution >= 0.6 is 0 Å². The first-order chi connectivity index (χ1) is 10.6. The van der Waals surface area contributed by atoms with Crippen LogP contribution in [0.15, 0.2) is 17.2 Å². The Morgan fingerprint density at radius 3 is 2.68 bits per heavy atom. The van der Waals surface area contributed by atoms with Crippen LogP contribution in [-0.4, -0.2) is 31.7 Å². The van der Waals surface area contributed by atoms with Crippen LogP contribution in [0.1, 0.15) is 24.0 Å². The SMILES string of the molecule is COc1ccc(CNC(=O)C2=NNC(=O)CC2)c(OC)c1C. The Balaban J connectivity index is 2.07. The summed E-state index contributed by atoms with van der Waals surface area (Å²) in [6.45, 7) is 2.20. The molecular formula is C15H19N3O4. The Labute approximate surface area is 128 Å². The first-order valence-corrected chi connectivity index (χ1v) is 6.91. The molecule has 0 radical (unpaired) electrons. The molecule has 118 valence electrons. The van der Waals surface area contributed by atoms with Crippen molar-refractivity contribution in [1.82, 2.24) is 10.7 Å². The fraction of sp³-hybridized carbons (Fsp3) is 0.400. The van der Waals surface area contributed by atoms with Crippen molar-refractivity contribution >= 4 is 17.5 Å². The van der Waals surface area contributed by atoms with Gasteiger partial charge in [0.1, 0.15) is 17.2 Å². The second-order valence-corrected chi connectivity index (χ2v) is 4.86. The zero-order valence-corrected chi connectivity index (χ0v) is 12.9. The highest BCUT2D eigenvalue weighted by molar-refractivity contribution is 6.39. The van der Waals surface area contributed by atoms with Gasteiger partial charge in [-0.3, -0.25) is 9.59 Å². The summed E-state index contributed by atoms with van der Waals surface area (Å²) in [5.41, 5.74) is 4.34. The quantitative estimate of drug-likeness (QED) is 0.845. The summed E-state index contributed by atoms with van der Waals surface area (Å²) in [6, 6.07) is 3.67. The second kappa shape index (κ2) is 6.93. The van der Waals surface area contributed by atoms with Crippen molar-refractivity contribution in [2.75, 3.05) is 14.2 Å². The molecule has 2 amide bonds. The monoisotopic (exact) mass is 305 g/mol. The van der Waals surface area contributed by atoms with Gasteiger partial charge < -0.3 is 14.8 Å². The number of nitrogens with one attached hydrogen (secondary N) is 2. The fourth-order valence-corrected chi connectivity index (χ4v) is 2.29. The molecule has 1 aromatic rings. The van der Waals surface area contributed by atoms with Crippen molar-refractivity contribution in [3.63, 3.8) is 0 Å². The number of carbonyl (C=O) groups is 2. The van der Waals surface area contributed by atoms with E-state index in [0.29, 0.717) is 24.4 Å². The molecule has 0 unspecified atom stereocenters. The molecule has 22 heavy (non-hydrogen) atoms. The van der Waals surface area contributed by atoms with Crippen molar-refractivity contribution in [3.05, 3.63) is 23.3 Å². The molecular weight excluding hydrogens is 286 g/mol. The van der Waals surface area contributed by atoms with Gasteiger partial charge in [0.2, 0.25) is 5.91 Å². The van der Waals surface area contributed by atoms with E-state index in [2.05, 4.69) is 15.8 Å². The smallest absolute Gasteiger partial charge is 0.267 e. The number of amides is 2. The van der Waals surface area contributed by atoms with Crippen LogP contribution in [0.4, 0.5) is 0 Å². The maximum absolute atomic E-state index is 12.0. The molecule has 0 spiro atoms. The topological polar surface area (TPSA) is 89.0 Å². The molecule has 7 heteroatoms. The van der Waals surface area contributed by atoms with E-state index in [1.165, 1.54) is 0 Å². The Morgan fingerprint density at radius 1 is 1.32 bits per heavy atom. The number of hydrogen-bond acceptors (Lipinski definition) is 5. The lowest BCUT2D eigenvalue weighted by Gasteiger charge is -2.16. The van der Waals surface area contributed by atoms with Crippen LogP contribution in [0, 0.1) is 6.92 Å². The molecule has 7 nitrogen and oxygen atoms in total. The number of hydrogen-bond donors (Lipinski definition) is 2. The van der Waals surface area contributed by atoms with E-state index in [-0.39, 0.29) is 18.2 Å². The van der Waals surface area contributed by atoms with Crippen molar-refractivity contribution in [1.29, 1.82) is 0 Å². The van der Waals surface area contributed by atoms with E-state index < -0.39 is 0 Å². The van der Waals surface area contributed by atoms with Crippen LogP contribution in [-0.2, 0) is 16.1 Å². The largest absolute Gasteiger partial charge is 0.496 e. The van der Waals surface area contributed by atoms with Gasteiger partial charge in [-0.05, 0) is 19.1 Å². The molecule has 1 aromatic carbocycles. The predicted molar refractivity (Wildman–Crippen MR) is 80.9 cm³/mol. The van der Waals surface area contributed by atoms with Crippen LogP contribution in [0.5, 0.6) is 11.5 Å². The van der Waals surface area contributed by atoms with Crippen LogP contribution in [0.3, 0.4) is 0 Å². The van der Waals surface area contributed by atoms with E-state index in [1.54, 1.807) is 14.2 Å². The number of rotatable bonds is 5. The van der Waals surface area contributed by atoms with Crippen LogP contribution in [0.25, 0.3) is 0 Å². The summed E-state index contributed by atoms with van der Waals surface area (Å²) in [6.07, 6.45) is 0.619. The molecule has 0 saturated carbocycles. The zero-order valence-electron chi connectivity index (χ0n) is 12.9. The molecule has 0 atom stereocenters. The van der Waals surface area contributed by atoms with Gasteiger partial charge in [-0.1, -0.05) is 0 Å². The first kappa shape index (κ1) is 15.8. The third-order valence-corrected chi connectivity index (χ3v) is 3.47. The van der Waals surface area contributed by atoms with Gasteiger partial charge in [-0.15, -0.1) is 0 Å².